The van der Waals surface area contributed by atoms with Crippen LogP contribution in [0.25, 0.3) is 5.03 Å². The molecule has 0 unspecified atom stereocenters. The summed E-state index contributed by atoms with van der Waals surface area (Å²) >= 11 is 11.3. The first-order valence-electron chi connectivity index (χ1n) is 3.73. The number of hydrogen-bond acceptors (Lipinski definition) is 0. The highest BCUT2D eigenvalue weighted by atomic mass is 35.5. The highest BCUT2D eigenvalue weighted by molar-refractivity contribution is 6.48. The Morgan fingerprint density at radius 1 is 1.25 bits per heavy atom. The second kappa shape index (κ2) is 4.54. The summed E-state index contributed by atoms with van der Waals surface area (Å²) in [5.74, 6) is 0.654. The molecule has 1 rings (SSSR count). The van der Waals surface area contributed by atoms with Crippen molar-refractivity contribution >= 4 is 28.2 Å². The van der Waals surface area contributed by atoms with Gasteiger partial charge in [0.05, 0.1) is 0 Å². The van der Waals surface area contributed by atoms with Gasteiger partial charge in [-0.15, -0.1) is 11.6 Å². The molecule has 0 aliphatic heterocycles. The molecule has 0 bridgehead atoms. The molecular formula is C10H10Cl2. The molecule has 0 aliphatic rings. The number of benzene rings is 1. The summed E-state index contributed by atoms with van der Waals surface area (Å²) in [6.45, 7) is 3.64. The fourth-order valence-electron chi connectivity index (χ4n) is 0.961. The first-order valence-corrected chi connectivity index (χ1v) is 4.65. The Bertz CT molecular complexity index is 262. The van der Waals surface area contributed by atoms with E-state index in [4.69, 9.17) is 23.2 Å². The van der Waals surface area contributed by atoms with E-state index in [0.717, 1.165) is 12.0 Å². The number of alkyl halides is 1. The van der Waals surface area contributed by atoms with E-state index in [9.17, 15) is 0 Å². The molecule has 2 heteroatoms. The fourth-order valence-corrected chi connectivity index (χ4v) is 1.31. The minimum atomic E-state index is 0.576. The zero-order valence-electron chi connectivity index (χ0n) is 6.69. The van der Waals surface area contributed by atoms with E-state index in [-0.39, 0.29) is 0 Å². The summed E-state index contributed by atoms with van der Waals surface area (Å²) < 4.78 is 0. The molecule has 0 spiro atoms. The van der Waals surface area contributed by atoms with Crippen LogP contribution < -0.4 is 0 Å². The standard InChI is InChI=1S/C10H10Cl2/c1-8(12)10-4-2-9(3-5-10)6-7-11/h2-5H,1,6-7H2. The lowest BCUT2D eigenvalue weighted by molar-refractivity contribution is 1.15. The van der Waals surface area contributed by atoms with Crippen molar-refractivity contribution < 1.29 is 0 Å². The molecule has 64 valence electrons. The predicted molar refractivity (Wildman–Crippen MR) is 55.8 cm³/mol. The Morgan fingerprint density at radius 3 is 2.25 bits per heavy atom. The van der Waals surface area contributed by atoms with Crippen LogP contribution in [0.3, 0.4) is 0 Å². The highest BCUT2D eigenvalue weighted by Gasteiger charge is 1.95. The third kappa shape index (κ3) is 2.54. The number of rotatable bonds is 3. The largest absolute Gasteiger partial charge is 0.126 e. The van der Waals surface area contributed by atoms with E-state index in [1.807, 2.05) is 24.3 Å². The van der Waals surface area contributed by atoms with Crippen LogP contribution in [0.4, 0.5) is 0 Å². The monoisotopic (exact) mass is 200 g/mol. The van der Waals surface area contributed by atoms with Crippen molar-refractivity contribution in [3.63, 3.8) is 0 Å². The molecule has 0 radical (unpaired) electrons. The third-order valence-electron chi connectivity index (χ3n) is 1.65. The summed E-state index contributed by atoms with van der Waals surface area (Å²) in [7, 11) is 0. The van der Waals surface area contributed by atoms with Crippen LogP contribution in [0, 0.1) is 0 Å². The minimum Gasteiger partial charge on any atom is -0.126 e. The van der Waals surface area contributed by atoms with E-state index < -0.39 is 0 Å². The van der Waals surface area contributed by atoms with Gasteiger partial charge in [0.1, 0.15) is 0 Å². The van der Waals surface area contributed by atoms with Crippen molar-refractivity contribution in [1.82, 2.24) is 0 Å². The molecule has 0 atom stereocenters. The van der Waals surface area contributed by atoms with Crippen LogP contribution in [0.2, 0.25) is 0 Å². The first-order chi connectivity index (χ1) is 5.74. The van der Waals surface area contributed by atoms with Crippen LogP contribution >= 0.6 is 23.2 Å². The lowest BCUT2D eigenvalue weighted by atomic mass is 10.1. The average Bonchev–Trinajstić information content (AvgIpc) is 2.06. The van der Waals surface area contributed by atoms with Crippen molar-refractivity contribution in [3.05, 3.63) is 42.0 Å². The summed E-state index contributed by atoms with van der Waals surface area (Å²) in [4.78, 5) is 0. The van der Waals surface area contributed by atoms with Crippen molar-refractivity contribution in [2.75, 3.05) is 5.88 Å². The number of halogens is 2. The molecule has 0 nitrogen and oxygen atoms in total. The molecule has 1 aromatic rings. The van der Waals surface area contributed by atoms with E-state index >= 15 is 0 Å². The molecule has 12 heavy (non-hydrogen) atoms. The zero-order valence-corrected chi connectivity index (χ0v) is 8.20. The van der Waals surface area contributed by atoms with Crippen LogP contribution in [-0.4, -0.2) is 5.88 Å². The molecular weight excluding hydrogens is 191 g/mol. The number of aryl methyl sites for hydroxylation is 1. The van der Waals surface area contributed by atoms with Gasteiger partial charge in [0.25, 0.3) is 0 Å². The van der Waals surface area contributed by atoms with Crippen LogP contribution in [0.5, 0.6) is 0 Å². The maximum Gasteiger partial charge on any atom is 0.0406 e. The topological polar surface area (TPSA) is 0 Å². The normalized spacial score (nSPS) is 9.83. The second-order valence-corrected chi connectivity index (χ2v) is 3.38. The molecule has 0 aromatic heterocycles. The van der Waals surface area contributed by atoms with Crippen molar-refractivity contribution in [3.8, 4) is 0 Å². The summed E-state index contributed by atoms with van der Waals surface area (Å²) in [5.41, 5.74) is 2.20. The van der Waals surface area contributed by atoms with Crippen LogP contribution in [-0.2, 0) is 6.42 Å². The molecule has 1 aromatic carbocycles. The van der Waals surface area contributed by atoms with Crippen LogP contribution in [0.15, 0.2) is 30.8 Å². The molecule has 0 aliphatic carbocycles. The van der Waals surface area contributed by atoms with Gasteiger partial charge in [-0.25, -0.2) is 0 Å². The molecule has 0 amide bonds. The van der Waals surface area contributed by atoms with Gasteiger partial charge in [-0.05, 0) is 17.5 Å². The van der Waals surface area contributed by atoms with Crippen molar-refractivity contribution in [1.29, 1.82) is 0 Å². The Morgan fingerprint density at radius 2 is 1.83 bits per heavy atom. The minimum absolute atomic E-state index is 0.576. The van der Waals surface area contributed by atoms with Gasteiger partial charge in [0.15, 0.2) is 0 Å². The molecule has 0 fully saturated rings. The quantitative estimate of drug-likeness (QED) is 0.654. The average molecular weight is 201 g/mol. The maximum absolute atomic E-state index is 5.71. The van der Waals surface area contributed by atoms with Gasteiger partial charge < -0.3 is 0 Å². The van der Waals surface area contributed by atoms with Gasteiger partial charge in [0.2, 0.25) is 0 Å². The van der Waals surface area contributed by atoms with Gasteiger partial charge in [-0.1, -0.05) is 42.4 Å². The SMILES string of the molecule is C=C(Cl)c1ccc(CCCl)cc1. The Labute approximate surface area is 82.8 Å². The first kappa shape index (κ1) is 9.63. The maximum atomic E-state index is 5.71. The Kier molecular flexibility index (Phi) is 3.64. The van der Waals surface area contributed by atoms with Crippen molar-refractivity contribution in [2.45, 2.75) is 6.42 Å². The highest BCUT2D eigenvalue weighted by Crippen LogP contribution is 2.16. The Hall–Kier alpha value is -0.460. The Balaban J connectivity index is 2.78. The molecule has 0 heterocycles. The van der Waals surface area contributed by atoms with E-state index in [0.29, 0.717) is 10.9 Å². The van der Waals surface area contributed by atoms with E-state index in [1.54, 1.807) is 0 Å². The zero-order chi connectivity index (χ0) is 8.97. The van der Waals surface area contributed by atoms with Gasteiger partial charge in [0, 0.05) is 10.9 Å². The third-order valence-corrected chi connectivity index (χ3v) is 2.06. The molecule has 0 N–H and O–H groups in total. The molecule has 0 saturated carbocycles. The van der Waals surface area contributed by atoms with Gasteiger partial charge in [-0.2, -0.15) is 0 Å². The summed E-state index contributed by atoms with van der Waals surface area (Å²) in [6.07, 6.45) is 0.899. The lowest BCUT2D eigenvalue weighted by Crippen LogP contribution is -1.85. The van der Waals surface area contributed by atoms with Crippen LogP contribution in [0.1, 0.15) is 11.1 Å². The van der Waals surface area contributed by atoms with Gasteiger partial charge in [-0.3, -0.25) is 0 Å². The number of hydrogen-bond donors (Lipinski definition) is 0. The fraction of sp³-hybridized carbons (Fsp3) is 0.200. The predicted octanol–water partition coefficient (Wildman–Crippen LogP) is 3.68. The second-order valence-electron chi connectivity index (χ2n) is 2.54. The lowest BCUT2D eigenvalue weighted by Gasteiger charge is -1.99. The van der Waals surface area contributed by atoms with Gasteiger partial charge >= 0.3 is 0 Å². The van der Waals surface area contributed by atoms with Crippen molar-refractivity contribution in [2.24, 2.45) is 0 Å². The molecule has 0 saturated heterocycles. The van der Waals surface area contributed by atoms with E-state index in [2.05, 4.69) is 6.58 Å². The summed E-state index contributed by atoms with van der Waals surface area (Å²) in [6, 6.07) is 7.95. The summed E-state index contributed by atoms with van der Waals surface area (Å²) in [5, 5.41) is 0.576. The smallest absolute Gasteiger partial charge is 0.0406 e. The van der Waals surface area contributed by atoms with E-state index in [1.165, 1.54) is 5.56 Å².